The van der Waals surface area contributed by atoms with E-state index in [1.54, 1.807) is 7.11 Å². The van der Waals surface area contributed by atoms with Crippen molar-refractivity contribution in [1.82, 2.24) is 15.0 Å². The summed E-state index contributed by atoms with van der Waals surface area (Å²) in [5.74, 6) is 0.400. The van der Waals surface area contributed by atoms with E-state index in [4.69, 9.17) is 17.0 Å². The van der Waals surface area contributed by atoms with Crippen molar-refractivity contribution in [2.75, 3.05) is 7.11 Å². The first-order chi connectivity index (χ1) is 10.6. The molecule has 0 saturated carbocycles. The maximum absolute atomic E-state index is 11.7. The second-order valence-corrected chi connectivity index (χ2v) is 5.68. The van der Waals surface area contributed by atoms with Gasteiger partial charge in [0.1, 0.15) is 11.3 Å². The van der Waals surface area contributed by atoms with Crippen molar-refractivity contribution in [3.63, 3.8) is 0 Å². The lowest BCUT2D eigenvalue weighted by atomic mass is 10.3. The summed E-state index contributed by atoms with van der Waals surface area (Å²) < 4.78 is 6.11. The molecule has 0 amide bonds. The number of aromatic amines is 2. The van der Waals surface area contributed by atoms with Crippen LogP contribution in [0.2, 0.25) is 0 Å². The lowest BCUT2D eigenvalue weighted by molar-refractivity contribution is 0.415. The number of fused-ring (bicyclic) bond motifs is 1. The van der Waals surface area contributed by atoms with Crippen molar-refractivity contribution in [1.29, 1.82) is 0 Å². The van der Waals surface area contributed by atoms with Crippen molar-refractivity contribution in [2.45, 2.75) is 0 Å². The predicted octanol–water partition coefficient (Wildman–Crippen LogP) is 2.51. The molecule has 22 heavy (non-hydrogen) atoms. The molecule has 0 aliphatic carbocycles. The van der Waals surface area contributed by atoms with E-state index in [0.29, 0.717) is 5.13 Å². The average molecular weight is 334 g/mol. The van der Waals surface area contributed by atoms with Crippen LogP contribution >= 0.6 is 23.6 Å². The molecule has 0 atom stereocenters. The minimum atomic E-state index is -0.521. The number of rotatable bonds is 3. The molecular weight excluding hydrogens is 324 g/mol. The van der Waals surface area contributed by atoms with E-state index < -0.39 is 5.56 Å². The molecule has 9 heteroatoms. The Morgan fingerprint density at radius 2 is 2.27 bits per heavy atom. The van der Waals surface area contributed by atoms with Crippen LogP contribution in [0.25, 0.3) is 10.2 Å². The molecule has 0 unspecified atom stereocenters. The van der Waals surface area contributed by atoms with Crippen LogP contribution in [0.5, 0.6) is 11.6 Å². The van der Waals surface area contributed by atoms with Crippen molar-refractivity contribution >= 4 is 45.1 Å². The van der Waals surface area contributed by atoms with E-state index >= 15 is 0 Å². The fraction of sp³-hybridized carbons (Fsp3) is 0.0769. The highest BCUT2D eigenvalue weighted by Crippen LogP contribution is 2.30. The molecule has 3 rings (SSSR count). The summed E-state index contributed by atoms with van der Waals surface area (Å²) in [5, 5.41) is 10.2. The van der Waals surface area contributed by atoms with E-state index in [0.717, 1.165) is 16.0 Å². The standard InChI is InChI=1S/C13H10N4O3S2/c1-20-6-2-3-8-9(4-6)22-13(15-8)14-5-7-10(18)16-12(21)17-11(7)19/h2-5H,1H3,(H3,16,17,18,19,21)/b14-5+. The molecule has 2 heterocycles. The molecule has 2 aromatic heterocycles. The molecule has 0 radical (unpaired) electrons. The number of benzene rings is 1. The summed E-state index contributed by atoms with van der Waals surface area (Å²) in [5.41, 5.74) is 0.252. The van der Waals surface area contributed by atoms with Gasteiger partial charge in [0.2, 0.25) is 11.0 Å². The first-order valence-corrected chi connectivity index (χ1v) is 7.33. The summed E-state index contributed by atoms with van der Waals surface area (Å²) in [6.07, 6.45) is 1.24. The Hall–Kier alpha value is -2.52. The number of nitrogens with zero attached hydrogens (tertiary/aromatic N) is 2. The van der Waals surface area contributed by atoms with Gasteiger partial charge in [0.25, 0.3) is 5.56 Å². The smallest absolute Gasteiger partial charge is 0.264 e. The summed E-state index contributed by atoms with van der Waals surface area (Å²) in [6.45, 7) is 0. The lowest BCUT2D eigenvalue weighted by Crippen LogP contribution is -2.13. The Morgan fingerprint density at radius 3 is 3.00 bits per heavy atom. The molecule has 7 nitrogen and oxygen atoms in total. The van der Waals surface area contributed by atoms with Crippen LogP contribution in [0.3, 0.4) is 0 Å². The molecule has 0 bridgehead atoms. The Balaban J connectivity index is 1.99. The quantitative estimate of drug-likeness (QED) is 0.504. The Morgan fingerprint density at radius 1 is 1.45 bits per heavy atom. The molecular formula is C13H10N4O3S2. The minimum absolute atomic E-state index is 0.00885. The van der Waals surface area contributed by atoms with Gasteiger partial charge in [-0.25, -0.2) is 9.98 Å². The van der Waals surface area contributed by atoms with Gasteiger partial charge in [0.05, 0.1) is 17.3 Å². The molecule has 112 valence electrons. The van der Waals surface area contributed by atoms with Gasteiger partial charge in [0, 0.05) is 6.21 Å². The van der Waals surface area contributed by atoms with Crippen molar-refractivity contribution in [2.24, 2.45) is 4.99 Å². The third-order valence-electron chi connectivity index (χ3n) is 2.85. The highest BCUT2D eigenvalue weighted by molar-refractivity contribution is 7.71. The zero-order valence-corrected chi connectivity index (χ0v) is 12.9. The summed E-state index contributed by atoms with van der Waals surface area (Å²) >= 11 is 6.10. The van der Waals surface area contributed by atoms with Crippen LogP contribution in [0, 0.1) is 4.77 Å². The Labute approximate surface area is 133 Å². The van der Waals surface area contributed by atoms with Gasteiger partial charge in [-0.15, -0.1) is 0 Å². The van der Waals surface area contributed by atoms with Crippen molar-refractivity contribution in [3.8, 4) is 11.6 Å². The topological polar surface area (TPSA) is 103 Å². The Bertz CT molecular complexity index is 987. The number of aromatic hydroxyl groups is 1. The van der Waals surface area contributed by atoms with Gasteiger partial charge < -0.3 is 14.8 Å². The number of thiazole rings is 1. The van der Waals surface area contributed by atoms with E-state index in [-0.39, 0.29) is 16.2 Å². The van der Waals surface area contributed by atoms with Crippen molar-refractivity contribution < 1.29 is 9.84 Å². The number of aliphatic imine (C=N–C) groups is 1. The number of nitrogens with one attached hydrogen (secondary N) is 2. The van der Waals surface area contributed by atoms with E-state index in [1.165, 1.54) is 17.6 Å². The van der Waals surface area contributed by atoms with Crippen LogP contribution in [-0.4, -0.2) is 33.4 Å². The third kappa shape index (κ3) is 2.76. The molecule has 3 aromatic rings. The minimum Gasteiger partial charge on any atom is -0.497 e. The fourth-order valence-corrected chi connectivity index (χ4v) is 2.83. The summed E-state index contributed by atoms with van der Waals surface area (Å²) in [7, 11) is 1.59. The van der Waals surface area contributed by atoms with Crippen LogP contribution in [-0.2, 0) is 0 Å². The second-order valence-electron chi connectivity index (χ2n) is 4.26. The number of methoxy groups -OCH3 is 1. The average Bonchev–Trinajstić information content (AvgIpc) is 2.87. The van der Waals surface area contributed by atoms with Gasteiger partial charge >= 0.3 is 0 Å². The van der Waals surface area contributed by atoms with E-state index in [2.05, 4.69) is 19.9 Å². The van der Waals surface area contributed by atoms with E-state index in [1.807, 2.05) is 18.2 Å². The first-order valence-electron chi connectivity index (χ1n) is 6.11. The van der Waals surface area contributed by atoms with Gasteiger partial charge in [-0.2, -0.15) is 0 Å². The fourth-order valence-electron chi connectivity index (χ4n) is 1.80. The number of aromatic nitrogens is 3. The first kappa shape index (κ1) is 14.4. The number of ether oxygens (including phenoxy) is 1. The number of hydrogen-bond acceptors (Lipinski definition) is 7. The largest absolute Gasteiger partial charge is 0.497 e. The van der Waals surface area contributed by atoms with Gasteiger partial charge in [-0.3, -0.25) is 9.78 Å². The monoisotopic (exact) mass is 334 g/mol. The molecule has 0 spiro atoms. The van der Waals surface area contributed by atoms with Gasteiger partial charge in [0.15, 0.2) is 4.77 Å². The van der Waals surface area contributed by atoms with Crippen LogP contribution in [0.15, 0.2) is 28.0 Å². The predicted molar refractivity (Wildman–Crippen MR) is 87.3 cm³/mol. The SMILES string of the molecule is COc1ccc2nc(/N=C/c3c(O)[nH]c(=S)[nH]c3=O)sc2c1. The highest BCUT2D eigenvalue weighted by atomic mass is 32.1. The van der Waals surface area contributed by atoms with Crippen LogP contribution in [0.4, 0.5) is 5.13 Å². The van der Waals surface area contributed by atoms with Crippen molar-refractivity contribution in [3.05, 3.63) is 38.9 Å². The van der Waals surface area contributed by atoms with Crippen LogP contribution < -0.4 is 10.3 Å². The maximum atomic E-state index is 11.7. The number of hydrogen-bond donors (Lipinski definition) is 3. The van der Waals surface area contributed by atoms with Crippen LogP contribution in [0.1, 0.15) is 5.56 Å². The lowest BCUT2D eigenvalue weighted by Gasteiger charge is -1.96. The van der Waals surface area contributed by atoms with E-state index in [9.17, 15) is 9.90 Å². The summed E-state index contributed by atoms with van der Waals surface area (Å²) in [6, 6.07) is 5.49. The molecule has 0 saturated heterocycles. The molecule has 0 aliphatic heterocycles. The third-order valence-corrected chi connectivity index (χ3v) is 3.98. The normalized spacial score (nSPS) is 11.3. The molecule has 3 N–H and O–H groups in total. The zero-order valence-electron chi connectivity index (χ0n) is 11.3. The second kappa shape index (κ2) is 5.70. The maximum Gasteiger partial charge on any atom is 0.264 e. The molecule has 0 aliphatic rings. The Kier molecular flexibility index (Phi) is 3.73. The molecule has 0 fully saturated rings. The zero-order chi connectivity index (χ0) is 15.7. The number of H-pyrrole nitrogens is 2. The summed E-state index contributed by atoms with van der Waals surface area (Å²) in [4.78, 5) is 25.0. The molecule has 1 aromatic carbocycles. The van der Waals surface area contributed by atoms with Gasteiger partial charge in [-0.05, 0) is 30.4 Å². The van der Waals surface area contributed by atoms with Gasteiger partial charge in [-0.1, -0.05) is 11.3 Å². The highest BCUT2D eigenvalue weighted by Gasteiger charge is 2.07.